The molecule has 0 bridgehead atoms. The van der Waals surface area contributed by atoms with E-state index in [0.29, 0.717) is 35.5 Å². The van der Waals surface area contributed by atoms with Crippen LogP contribution in [-0.2, 0) is 6.61 Å². The van der Waals surface area contributed by atoms with Crippen LogP contribution in [0.4, 0.5) is 8.78 Å². The quantitative estimate of drug-likeness (QED) is 0.331. The van der Waals surface area contributed by atoms with E-state index in [-0.39, 0.29) is 29.0 Å². The van der Waals surface area contributed by atoms with Crippen LogP contribution in [0.25, 0.3) is 16.9 Å². The van der Waals surface area contributed by atoms with E-state index in [1.165, 1.54) is 4.57 Å². The number of benzene rings is 1. The summed E-state index contributed by atoms with van der Waals surface area (Å²) >= 11 is 6.40. The van der Waals surface area contributed by atoms with Crippen LogP contribution in [0, 0.1) is 25.5 Å². The third kappa shape index (κ3) is 4.99. The number of hydrogen-bond donors (Lipinski definition) is 1. The van der Waals surface area contributed by atoms with E-state index in [2.05, 4.69) is 9.97 Å². The van der Waals surface area contributed by atoms with Gasteiger partial charge in [-0.25, -0.2) is 8.78 Å². The topological polar surface area (TPSA) is 86.5 Å². The molecule has 1 N–H and O–H groups in total. The van der Waals surface area contributed by atoms with Crippen LogP contribution in [0.1, 0.15) is 42.3 Å². The minimum atomic E-state index is -0.959. The minimum Gasteiger partial charge on any atom is -0.492 e. The van der Waals surface area contributed by atoms with Crippen LogP contribution in [0.3, 0.4) is 0 Å². The maximum absolute atomic E-state index is 14.0. The average molecular weight is 554 g/mol. The van der Waals surface area contributed by atoms with Gasteiger partial charge >= 0.3 is 0 Å². The third-order valence-electron chi connectivity index (χ3n) is 6.81. The normalized spacial score (nSPS) is 14.7. The van der Waals surface area contributed by atoms with E-state index < -0.39 is 22.8 Å². The monoisotopic (exact) mass is 553 g/mol. The summed E-state index contributed by atoms with van der Waals surface area (Å²) in [5.74, 6) is -1.14. The zero-order chi connectivity index (χ0) is 28.1. The van der Waals surface area contributed by atoms with Crippen LogP contribution in [0.2, 0.25) is 5.02 Å². The largest absolute Gasteiger partial charge is 0.492 e. The molecule has 0 saturated carbocycles. The van der Waals surface area contributed by atoms with Gasteiger partial charge < -0.3 is 14.6 Å². The number of halogens is 3. The highest BCUT2D eigenvalue weighted by Gasteiger charge is 2.37. The van der Waals surface area contributed by atoms with Crippen LogP contribution < -0.4 is 15.0 Å². The predicted octanol–water partition coefficient (Wildman–Crippen LogP) is 5.67. The highest BCUT2D eigenvalue weighted by Crippen LogP contribution is 2.45. The molecule has 0 fully saturated rings. The Hall–Kier alpha value is -3.82. The number of nitrogens with zero attached hydrogens (tertiary/aromatic N) is 3. The molecule has 10 heteroatoms. The fourth-order valence-corrected chi connectivity index (χ4v) is 4.91. The van der Waals surface area contributed by atoms with Crippen molar-refractivity contribution in [3.63, 3.8) is 0 Å². The molecular weight excluding hydrogens is 528 g/mol. The Bertz CT molecular complexity index is 1650. The Morgan fingerprint density at radius 3 is 2.67 bits per heavy atom. The number of hydrogen-bond acceptors (Lipinski definition) is 6. The van der Waals surface area contributed by atoms with Crippen LogP contribution in [0.15, 0.2) is 53.6 Å². The number of rotatable bonds is 6. The van der Waals surface area contributed by atoms with Gasteiger partial charge in [-0.3, -0.25) is 19.3 Å². The molecule has 0 saturated heterocycles. The second kappa shape index (κ2) is 10.1. The number of aromatic nitrogens is 3. The van der Waals surface area contributed by atoms with Crippen molar-refractivity contribution in [2.75, 3.05) is 6.61 Å². The lowest BCUT2D eigenvalue weighted by molar-refractivity contribution is 0.0422. The van der Waals surface area contributed by atoms with Crippen molar-refractivity contribution in [2.24, 2.45) is 0 Å². The van der Waals surface area contributed by atoms with E-state index in [1.807, 2.05) is 25.1 Å². The Morgan fingerprint density at radius 2 is 1.95 bits per heavy atom. The molecule has 0 aliphatic carbocycles. The molecule has 5 rings (SSSR count). The molecule has 4 aromatic rings. The molecule has 1 aliphatic heterocycles. The smallest absolute Gasteiger partial charge is 0.277 e. The molecule has 1 aliphatic rings. The second-order valence-electron chi connectivity index (χ2n) is 10.1. The second-order valence-corrected chi connectivity index (χ2v) is 10.5. The summed E-state index contributed by atoms with van der Waals surface area (Å²) in [5.41, 5.74) is 2.43. The number of fused-ring (bicyclic) bond motifs is 1. The first-order valence-corrected chi connectivity index (χ1v) is 12.6. The predicted molar refractivity (Wildman–Crippen MR) is 143 cm³/mol. The lowest BCUT2D eigenvalue weighted by Gasteiger charge is -2.24. The summed E-state index contributed by atoms with van der Waals surface area (Å²) in [5, 5.41) is 10.4. The number of pyridine rings is 3. The minimum absolute atomic E-state index is 0.0554. The summed E-state index contributed by atoms with van der Waals surface area (Å²) in [6.45, 7) is 7.07. The number of para-hydroxylation sites is 1. The molecule has 202 valence electrons. The lowest BCUT2D eigenvalue weighted by Crippen LogP contribution is -2.29. The van der Waals surface area contributed by atoms with Gasteiger partial charge in [0.1, 0.15) is 34.6 Å². The van der Waals surface area contributed by atoms with Crippen molar-refractivity contribution in [3.05, 3.63) is 98.3 Å². The molecule has 0 spiro atoms. The zero-order valence-electron chi connectivity index (χ0n) is 21.8. The van der Waals surface area contributed by atoms with E-state index in [4.69, 9.17) is 21.1 Å². The van der Waals surface area contributed by atoms with Gasteiger partial charge in [-0.1, -0.05) is 23.7 Å². The van der Waals surface area contributed by atoms with Gasteiger partial charge in [-0.15, -0.1) is 0 Å². The van der Waals surface area contributed by atoms with E-state index in [1.54, 1.807) is 39.1 Å². The summed E-state index contributed by atoms with van der Waals surface area (Å²) in [6, 6.07) is 9.77. The fraction of sp³-hybridized carbons (Fsp3) is 0.276. The summed E-state index contributed by atoms with van der Waals surface area (Å²) in [4.78, 5) is 21.7. The van der Waals surface area contributed by atoms with E-state index >= 15 is 0 Å². The fourth-order valence-electron chi connectivity index (χ4n) is 4.72. The van der Waals surface area contributed by atoms with Crippen molar-refractivity contribution < 1.29 is 23.4 Å². The number of aryl methyl sites for hydroxylation is 2. The molecule has 1 unspecified atom stereocenters. The Labute approximate surface area is 228 Å². The SMILES string of the molecule is Cc1cnc(-c2cccc3c2OCC3C(C)(C)O)cc1-n1c(C)cc(OCc2ncc(F)cc2F)c(Cl)c1=O. The van der Waals surface area contributed by atoms with Crippen LogP contribution in [-0.4, -0.2) is 31.8 Å². The molecule has 39 heavy (non-hydrogen) atoms. The number of aliphatic hydroxyl groups is 1. The van der Waals surface area contributed by atoms with Crippen molar-refractivity contribution in [1.29, 1.82) is 0 Å². The molecular formula is C29H26ClF2N3O4. The third-order valence-corrected chi connectivity index (χ3v) is 7.16. The molecule has 7 nitrogen and oxygen atoms in total. The highest BCUT2D eigenvalue weighted by atomic mass is 35.5. The van der Waals surface area contributed by atoms with Crippen LogP contribution in [0.5, 0.6) is 11.5 Å². The van der Waals surface area contributed by atoms with Gasteiger partial charge in [-0.05, 0) is 45.4 Å². The summed E-state index contributed by atoms with van der Waals surface area (Å²) in [6.07, 6.45) is 2.55. The molecule has 0 radical (unpaired) electrons. The van der Waals surface area contributed by atoms with Crippen molar-refractivity contribution in [1.82, 2.24) is 14.5 Å². The first-order chi connectivity index (χ1) is 18.5. The van der Waals surface area contributed by atoms with Gasteiger partial charge in [0.15, 0.2) is 5.82 Å². The van der Waals surface area contributed by atoms with Gasteiger partial charge in [0.05, 0.1) is 35.7 Å². The van der Waals surface area contributed by atoms with Crippen molar-refractivity contribution in [3.8, 4) is 28.4 Å². The standard InChI is InChI=1S/C29H26ClF2N3O4/c1-15-11-33-22(19-7-5-6-18-20(29(3,4)37)13-39-27(18)19)10-24(15)35-16(2)8-25(26(30)28(35)36)38-14-23-21(32)9-17(31)12-34-23/h5-12,20,37H,13-14H2,1-4H3. The molecule has 4 heterocycles. The van der Waals surface area contributed by atoms with Gasteiger partial charge in [-0.2, -0.15) is 0 Å². The van der Waals surface area contributed by atoms with Crippen LogP contribution >= 0.6 is 11.6 Å². The first kappa shape index (κ1) is 26.8. The Morgan fingerprint density at radius 1 is 1.18 bits per heavy atom. The summed E-state index contributed by atoms with van der Waals surface area (Å²) in [7, 11) is 0. The lowest BCUT2D eigenvalue weighted by atomic mass is 9.85. The molecule has 1 atom stereocenters. The van der Waals surface area contributed by atoms with Crippen molar-refractivity contribution in [2.45, 2.75) is 45.8 Å². The van der Waals surface area contributed by atoms with E-state index in [0.717, 1.165) is 22.9 Å². The van der Waals surface area contributed by atoms with Gasteiger partial charge in [0.2, 0.25) is 0 Å². The van der Waals surface area contributed by atoms with Gasteiger partial charge in [0.25, 0.3) is 5.56 Å². The zero-order valence-corrected chi connectivity index (χ0v) is 22.5. The highest BCUT2D eigenvalue weighted by molar-refractivity contribution is 6.31. The van der Waals surface area contributed by atoms with Crippen molar-refractivity contribution >= 4 is 11.6 Å². The maximum Gasteiger partial charge on any atom is 0.277 e. The molecule has 1 aromatic carbocycles. The summed E-state index contributed by atoms with van der Waals surface area (Å²) < 4.78 is 40.2. The van der Waals surface area contributed by atoms with E-state index in [9.17, 15) is 18.7 Å². The van der Waals surface area contributed by atoms with Gasteiger partial charge in [0, 0.05) is 35.2 Å². The maximum atomic E-state index is 14.0. The Balaban J connectivity index is 1.52. The average Bonchev–Trinajstić information content (AvgIpc) is 3.32. The molecule has 3 aromatic heterocycles. The number of ether oxygens (including phenoxy) is 2. The first-order valence-electron chi connectivity index (χ1n) is 12.3. The molecule has 0 amide bonds. The Kier molecular flexibility index (Phi) is 6.90.